The number of aromatic nitrogens is 3. The molecule has 0 aliphatic heterocycles. The van der Waals surface area contributed by atoms with E-state index in [0.717, 1.165) is 40.3 Å². The molecule has 0 amide bonds. The van der Waals surface area contributed by atoms with Gasteiger partial charge in [0.25, 0.3) is 0 Å². The van der Waals surface area contributed by atoms with Crippen LogP contribution in [0.4, 0.5) is 11.6 Å². The Labute approximate surface area is 145 Å². The molecule has 0 spiro atoms. The van der Waals surface area contributed by atoms with Crippen molar-refractivity contribution >= 4 is 17.3 Å². The van der Waals surface area contributed by atoms with Crippen molar-refractivity contribution in [2.24, 2.45) is 11.7 Å². The lowest BCUT2D eigenvalue weighted by Crippen LogP contribution is -2.15. The summed E-state index contributed by atoms with van der Waals surface area (Å²) >= 11 is 0. The number of rotatable bonds is 3. The molecule has 1 atom stereocenters. The predicted molar refractivity (Wildman–Crippen MR) is 101 cm³/mol. The summed E-state index contributed by atoms with van der Waals surface area (Å²) in [5, 5.41) is 7.79. The van der Waals surface area contributed by atoms with Crippen molar-refractivity contribution in [3.05, 3.63) is 66.1 Å². The second kappa shape index (κ2) is 5.98. The van der Waals surface area contributed by atoms with Gasteiger partial charge in [-0.2, -0.15) is 4.98 Å². The highest BCUT2D eigenvalue weighted by Gasteiger charge is 2.14. The summed E-state index contributed by atoms with van der Waals surface area (Å²) < 4.78 is 1.77. The molecule has 6 nitrogen and oxygen atoms in total. The molecule has 126 valence electrons. The number of allylic oxidation sites excluding steroid dienone is 3. The third-order valence-corrected chi connectivity index (χ3v) is 4.32. The summed E-state index contributed by atoms with van der Waals surface area (Å²) in [4.78, 5) is 4.52. The molecule has 2 aromatic heterocycles. The van der Waals surface area contributed by atoms with Crippen LogP contribution in [0.1, 0.15) is 13.3 Å². The average Bonchev–Trinajstić information content (AvgIpc) is 3.00. The molecule has 2 heterocycles. The lowest BCUT2D eigenvalue weighted by Gasteiger charge is -2.17. The fraction of sp³-hybridized carbons (Fsp3) is 0.158. The van der Waals surface area contributed by atoms with Crippen LogP contribution in [0.25, 0.3) is 16.8 Å². The third kappa shape index (κ3) is 3.06. The number of fused-ring (bicyclic) bond motifs is 1. The monoisotopic (exact) mass is 332 g/mol. The fourth-order valence-corrected chi connectivity index (χ4v) is 2.92. The maximum atomic E-state index is 6.05. The summed E-state index contributed by atoms with van der Waals surface area (Å²) in [5.74, 6) is 0.999. The van der Waals surface area contributed by atoms with Gasteiger partial charge in [0, 0.05) is 23.1 Å². The highest BCUT2D eigenvalue weighted by atomic mass is 15.3. The number of anilines is 2. The minimum Gasteiger partial charge on any atom is -0.399 e. The normalized spacial score (nSPS) is 17.2. The van der Waals surface area contributed by atoms with Gasteiger partial charge in [0.05, 0.1) is 5.70 Å². The fourth-order valence-electron chi connectivity index (χ4n) is 2.92. The van der Waals surface area contributed by atoms with Crippen molar-refractivity contribution in [1.82, 2.24) is 14.6 Å². The van der Waals surface area contributed by atoms with Crippen LogP contribution in [0, 0.1) is 5.92 Å². The summed E-state index contributed by atoms with van der Waals surface area (Å²) in [5.41, 5.74) is 17.2. The Kier molecular flexibility index (Phi) is 3.65. The van der Waals surface area contributed by atoms with Crippen molar-refractivity contribution in [2.75, 3.05) is 11.1 Å². The van der Waals surface area contributed by atoms with Crippen molar-refractivity contribution in [3.8, 4) is 11.1 Å². The minimum absolute atomic E-state index is 0.448. The Balaban J connectivity index is 1.64. The molecular formula is C19H20N6. The van der Waals surface area contributed by atoms with Gasteiger partial charge in [0.1, 0.15) is 0 Å². The number of nitrogens with one attached hydrogen (secondary N) is 1. The highest BCUT2D eigenvalue weighted by Crippen LogP contribution is 2.23. The van der Waals surface area contributed by atoms with E-state index in [4.69, 9.17) is 11.5 Å². The molecule has 0 saturated heterocycles. The van der Waals surface area contributed by atoms with E-state index in [9.17, 15) is 0 Å². The first kappa shape index (κ1) is 15.3. The van der Waals surface area contributed by atoms with Crippen LogP contribution in [0.15, 0.2) is 66.1 Å². The number of nitrogen functional groups attached to an aromatic ring is 1. The molecule has 1 aliphatic rings. The molecular weight excluding hydrogens is 312 g/mol. The van der Waals surface area contributed by atoms with Gasteiger partial charge in [0.15, 0.2) is 5.65 Å². The van der Waals surface area contributed by atoms with Gasteiger partial charge < -0.3 is 16.8 Å². The number of pyridine rings is 1. The average molecular weight is 332 g/mol. The molecule has 1 aliphatic carbocycles. The molecule has 25 heavy (non-hydrogen) atoms. The Morgan fingerprint density at radius 3 is 2.64 bits per heavy atom. The van der Waals surface area contributed by atoms with Gasteiger partial charge >= 0.3 is 0 Å². The number of benzene rings is 1. The van der Waals surface area contributed by atoms with Gasteiger partial charge in [-0.1, -0.05) is 25.1 Å². The summed E-state index contributed by atoms with van der Waals surface area (Å²) in [6, 6.07) is 11.7. The van der Waals surface area contributed by atoms with Crippen molar-refractivity contribution in [1.29, 1.82) is 0 Å². The Hall–Kier alpha value is -3.28. The largest absolute Gasteiger partial charge is 0.399 e. The van der Waals surface area contributed by atoms with Crippen molar-refractivity contribution < 1.29 is 0 Å². The number of hydrogen-bond acceptors (Lipinski definition) is 5. The topological polar surface area (TPSA) is 94.3 Å². The van der Waals surface area contributed by atoms with E-state index < -0.39 is 0 Å². The first-order valence-electron chi connectivity index (χ1n) is 8.25. The molecule has 0 radical (unpaired) electrons. The standard InChI is InChI=1S/C19H20N6/c1-12-2-8-16(21)17(10-12)22-19-23-18-9-5-14(11-25(18)24-19)13-3-6-15(20)7-4-13/h2-9,11-12H,10,20-21H2,1H3,(H,22,24). The van der Waals surface area contributed by atoms with Crippen LogP contribution in [-0.2, 0) is 0 Å². The molecule has 3 aromatic rings. The van der Waals surface area contributed by atoms with Gasteiger partial charge in [0.2, 0.25) is 5.95 Å². The highest BCUT2D eigenvalue weighted by molar-refractivity contribution is 5.66. The molecule has 5 N–H and O–H groups in total. The molecule has 6 heteroatoms. The smallest absolute Gasteiger partial charge is 0.247 e. The Bertz CT molecular complexity index is 981. The number of nitrogens with two attached hydrogens (primary N) is 2. The van der Waals surface area contributed by atoms with E-state index in [1.54, 1.807) is 4.52 Å². The Morgan fingerprint density at radius 2 is 1.84 bits per heavy atom. The zero-order valence-electron chi connectivity index (χ0n) is 14.0. The van der Waals surface area contributed by atoms with Crippen LogP contribution in [0.3, 0.4) is 0 Å². The second-order valence-corrected chi connectivity index (χ2v) is 6.38. The van der Waals surface area contributed by atoms with Crippen molar-refractivity contribution in [2.45, 2.75) is 13.3 Å². The lowest BCUT2D eigenvalue weighted by molar-refractivity contribution is 0.699. The predicted octanol–water partition coefficient (Wildman–Crippen LogP) is 3.16. The zero-order valence-corrected chi connectivity index (χ0v) is 14.0. The molecule has 0 fully saturated rings. The maximum absolute atomic E-state index is 6.05. The molecule has 1 aromatic carbocycles. The molecule has 4 rings (SSSR count). The number of hydrogen-bond donors (Lipinski definition) is 3. The van der Waals surface area contributed by atoms with Crippen LogP contribution in [0.2, 0.25) is 0 Å². The summed E-state index contributed by atoms with van der Waals surface area (Å²) in [7, 11) is 0. The van der Waals surface area contributed by atoms with E-state index >= 15 is 0 Å². The van der Waals surface area contributed by atoms with Gasteiger partial charge in [-0.15, -0.1) is 5.10 Å². The van der Waals surface area contributed by atoms with Crippen LogP contribution in [-0.4, -0.2) is 14.6 Å². The maximum Gasteiger partial charge on any atom is 0.247 e. The van der Waals surface area contributed by atoms with Crippen LogP contribution >= 0.6 is 0 Å². The van der Waals surface area contributed by atoms with Crippen molar-refractivity contribution in [3.63, 3.8) is 0 Å². The second-order valence-electron chi connectivity index (χ2n) is 6.38. The number of nitrogens with zero attached hydrogens (tertiary/aromatic N) is 3. The third-order valence-electron chi connectivity index (χ3n) is 4.32. The first-order chi connectivity index (χ1) is 12.1. The summed E-state index contributed by atoms with van der Waals surface area (Å²) in [6.07, 6.45) is 6.86. The van der Waals surface area contributed by atoms with E-state index in [-0.39, 0.29) is 0 Å². The first-order valence-corrected chi connectivity index (χ1v) is 8.25. The minimum atomic E-state index is 0.448. The Morgan fingerprint density at radius 1 is 1.08 bits per heavy atom. The summed E-state index contributed by atoms with van der Waals surface area (Å²) in [6.45, 7) is 2.15. The van der Waals surface area contributed by atoms with Gasteiger partial charge in [-0.25, -0.2) is 4.52 Å². The van der Waals surface area contributed by atoms with Crippen LogP contribution < -0.4 is 16.8 Å². The van der Waals surface area contributed by atoms with E-state index in [2.05, 4.69) is 28.4 Å². The zero-order chi connectivity index (χ0) is 17.4. The quantitative estimate of drug-likeness (QED) is 0.641. The van der Waals surface area contributed by atoms with E-state index in [1.165, 1.54) is 0 Å². The van der Waals surface area contributed by atoms with Gasteiger partial charge in [-0.3, -0.25) is 0 Å². The SMILES string of the molecule is CC1C=CC(N)=C(Nc2nc3ccc(-c4ccc(N)cc4)cn3n2)C1. The lowest BCUT2D eigenvalue weighted by atomic mass is 9.99. The molecule has 1 unspecified atom stereocenters. The molecule has 0 saturated carbocycles. The van der Waals surface area contributed by atoms with Crippen LogP contribution in [0.5, 0.6) is 0 Å². The van der Waals surface area contributed by atoms with E-state index in [0.29, 0.717) is 11.9 Å². The molecule has 0 bridgehead atoms. The van der Waals surface area contributed by atoms with Gasteiger partial charge in [-0.05, 0) is 48.2 Å². The van der Waals surface area contributed by atoms with E-state index in [1.807, 2.05) is 48.7 Å².